The van der Waals surface area contributed by atoms with Crippen LogP contribution in [-0.2, 0) is 21.1 Å². The Bertz CT molecular complexity index is 847. The van der Waals surface area contributed by atoms with E-state index in [0.29, 0.717) is 24.0 Å². The minimum Gasteiger partial charge on any atom is -0.416 e. The van der Waals surface area contributed by atoms with E-state index >= 15 is 0 Å². The summed E-state index contributed by atoms with van der Waals surface area (Å²) < 4.78 is 28.4. The molecule has 2 heterocycles. The van der Waals surface area contributed by atoms with Crippen LogP contribution in [0.5, 0.6) is 0 Å². The van der Waals surface area contributed by atoms with Crippen molar-refractivity contribution in [3.8, 4) is 0 Å². The Morgan fingerprint density at radius 1 is 1.32 bits per heavy atom. The summed E-state index contributed by atoms with van der Waals surface area (Å²) in [4.78, 5) is 11.9. The lowest BCUT2D eigenvalue weighted by atomic mass is 10.1. The van der Waals surface area contributed by atoms with Gasteiger partial charge in [0.15, 0.2) is 9.84 Å². The van der Waals surface area contributed by atoms with Gasteiger partial charge in [-0.25, -0.2) is 8.42 Å². The summed E-state index contributed by atoms with van der Waals surface area (Å²) in [6.07, 6.45) is 1.09. The first-order chi connectivity index (χ1) is 11.9. The number of rotatable bonds is 6. The van der Waals surface area contributed by atoms with Crippen molar-refractivity contribution in [1.29, 1.82) is 0 Å². The number of benzene rings is 1. The van der Waals surface area contributed by atoms with Crippen LogP contribution < -0.4 is 5.32 Å². The van der Waals surface area contributed by atoms with Crippen molar-refractivity contribution in [2.75, 3.05) is 22.6 Å². The molecule has 0 bridgehead atoms. The molecule has 0 spiro atoms. The largest absolute Gasteiger partial charge is 0.416 e. The van der Waals surface area contributed by atoms with E-state index in [1.807, 2.05) is 31.2 Å². The standard InChI is InChI=1S/C16H19N3O4S2/c1-11-2-4-13(5-3-11)17-14(20)9-24-16-19-18-15(23-16)8-12-6-7-25(21,22)10-12/h2-5,12H,6-10H2,1H3,(H,17,20)/t12-/m1/s1. The molecule has 1 N–H and O–H groups in total. The maximum atomic E-state index is 11.9. The molecule has 7 nitrogen and oxygen atoms in total. The molecule has 1 atom stereocenters. The third-order valence-corrected chi connectivity index (χ3v) is 6.56. The monoisotopic (exact) mass is 381 g/mol. The third kappa shape index (κ3) is 5.30. The highest BCUT2D eigenvalue weighted by Crippen LogP contribution is 2.24. The summed E-state index contributed by atoms with van der Waals surface area (Å²) in [6.45, 7) is 1.98. The fraction of sp³-hybridized carbons (Fsp3) is 0.438. The molecule has 1 saturated heterocycles. The van der Waals surface area contributed by atoms with Gasteiger partial charge in [-0.3, -0.25) is 4.79 Å². The number of nitrogens with one attached hydrogen (secondary N) is 1. The molecule has 0 saturated carbocycles. The highest BCUT2D eigenvalue weighted by Gasteiger charge is 2.29. The lowest BCUT2D eigenvalue weighted by molar-refractivity contribution is -0.113. The minimum absolute atomic E-state index is 0.0353. The molecule has 1 aliphatic rings. The van der Waals surface area contributed by atoms with E-state index in [1.54, 1.807) is 0 Å². The molecule has 1 amide bonds. The van der Waals surface area contributed by atoms with E-state index in [4.69, 9.17) is 4.42 Å². The van der Waals surface area contributed by atoms with Gasteiger partial charge in [0.1, 0.15) is 0 Å². The van der Waals surface area contributed by atoms with Crippen molar-refractivity contribution in [3.05, 3.63) is 35.7 Å². The van der Waals surface area contributed by atoms with E-state index in [1.165, 1.54) is 0 Å². The van der Waals surface area contributed by atoms with Gasteiger partial charge in [0.25, 0.3) is 5.22 Å². The zero-order chi connectivity index (χ0) is 17.9. The van der Waals surface area contributed by atoms with E-state index < -0.39 is 9.84 Å². The molecule has 0 unspecified atom stereocenters. The predicted octanol–water partition coefficient (Wildman–Crippen LogP) is 2.09. The average Bonchev–Trinajstić information content (AvgIpc) is 3.14. The number of anilines is 1. The zero-order valence-electron chi connectivity index (χ0n) is 13.8. The molecular weight excluding hydrogens is 362 g/mol. The van der Waals surface area contributed by atoms with Crippen molar-refractivity contribution in [3.63, 3.8) is 0 Å². The first-order valence-electron chi connectivity index (χ1n) is 7.92. The smallest absolute Gasteiger partial charge is 0.277 e. The topological polar surface area (TPSA) is 102 Å². The molecule has 1 aromatic carbocycles. The normalized spacial score (nSPS) is 19.0. The second-order valence-corrected chi connectivity index (χ2v) is 9.29. The van der Waals surface area contributed by atoms with Crippen LogP contribution in [0.4, 0.5) is 5.69 Å². The summed E-state index contributed by atoms with van der Waals surface area (Å²) in [7, 11) is -2.91. The molecule has 1 fully saturated rings. The van der Waals surface area contributed by atoms with Gasteiger partial charge in [0, 0.05) is 12.1 Å². The quantitative estimate of drug-likeness (QED) is 0.764. The number of amides is 1. The summed E-state index contributed by atoms with van der Waals surface area (Å²) in [6, 6.07) is 7.54. The summed E-state index contributed by atoms with van der Waals surface area (Å²) >= 11 is 1.16. The SMILES string of the molecule is Cc1ccc(NC(=O)CSc2nnc(C[C@H]3CCS(=O)(=O)C3)o2)cc1. The van der Waals surface area contributed by atoms with E-state index in [-0.39, 0.29) is 29.1 Å². The number of carbonyl (C=O) groups is 1. The maximum absolute atomic E-state index is 11.9. The number of hydrogen-bond acceptors (Lipinski definition) is 7. The molecule has 1 aromatic heterocycles. The van der Waals surface area contributed by atoms with Gasteiger partial charge in [-0.15, -0.1) is 10.2 Å². The fourth-order valence-electron chi connectivity index (χ4n) is 2.62. The van der Waals surface area contributed by atoms with Gasteiger partial charge in [-0.1, -0.05) is 29.5 Å². The lowest BCUT2D eigenvalue weighted by Gasteiger charge is -2.04. The molecule has 0 radical (unpaired) electrons. The number of carbonyl (C=O) groups excluding carboxylic acids is 1. The number of thioether (sulfide) groups is 1. The van der Waals surface area contributed by atoms with Crippen LogP contribution in [0.25, 0.3) is 0 Å². The van der Waals surface area contributed by atoms with Gasteiger partial charge >= 0.3 is 0 Å². The third-order valence-electron chi connectivity index (χ3n) is 3.90. The van der Waals surface area contributed by atoms with Crippen LogP contribution in [0.15, 0.2) is 33.9 Å². The maximum Gasteiger partial charge on any atom is 0.277 e. The van der Waals surface area contributed by atoms with Gasteiger partial charge < -0.3 is 9.73 Å². The first-order valence-corrected chi connectivity index (χ1v) is 10.7. The van der Waals surface area contributed by atoms with Crippen molar-refractivity contribution < 1.29 is 17.6 Å². The Labute approximate surface area is 150 Å². The molecule has 9 heteroatoms. The van der Waals surface area contributed by atoms with Crippen LogP contribution in [0, 0.1) is 12.8 Å². The van der Waals surface area contributed by atoms with Gasteiger partial charge in [-0.05, 0) is 31.4 Å². The lowest BCUT2D eigenvalue weighted by Crippen LogP contribution is -2.13. The van der Waals surface area contributed by atoms with Crippen molar-refractivity contribution in [2.45, 2.75) is 25.0 Å². The van der Waals surface area contributed by atoms with E-state index in [2.05, 4.69) is 15.5 Å². The second kappa shape index (κ2) is 7.57. The molecule has 1 aliphatic heterocycles. The zero-order valence-corrected chi connectivity index (χ0v) is 15.4. The van der Waals surface area contributed by atoms with Crippen LogP contribution in [-0.4, -0.2) is 41.8 Å². The van der Waals surface area contributed by atoms with Crippen LogP contribution >= 0.6 is 11.8 Å². The Balaban J connectivity index is 1.46. The highest BCUT2D eigenvalue weighted by atomic mass is 32.2. The Kier molecular flexibility index (Phi) is 5.43. The second-order valence-electron chi connectivity index (χ2n) is 6.14. The summed E-state index contributed by atoms with van der Waals surface area (Å²) in [5.74, 6) is 0.864. The van der Waals surface area contributed by atoms with Crippen molar-refractivity contribution in [2.24, 2.45) is 5.92 Å². The minimum atomic E-state index is -2.91. The summed E-state index contributed by atoms with van der Waals surface area (Å²) in [5.41, 5.74) is 1.87. The number of sulfone groups is 1. The van der Waals surface area contributed by atoms with Gasteiger partial charge in [0.2, 0.25) is 11.8 Å². The number of aromatic nitrogens is 2. The highest BCUT2D eigenvalue weighted by molar-refractivity contribution is 7.99. The Morgan fingerprint density at radius 2 is 2.08 bits per heavy atom. The number of aryl methyl sites for hydroxylation is 1. The molecule has 2 aromatic rings. The average molecular weight is 381 g/mol. The molecule has 3 rings (SSSR count). The Hall–Kier alpha value is -1.87. The fourth-order valence-corrected chi connectivity index (χ4v) is 5.06. The number of hydrogen-bond donors (Lipinski definition) is 1. The molecule has 134 valence electrons. The molecule has 25 heavy (non-hydrogen) atoms. The van der Waals surface area contributed by atoms with E-state index in [9.17, 15) is 13.2 Å². The van der Waals surface area contributed by atoms with Crippen LogP contribution in [0.3, 0.4) is 0 Å². The van der Waals surface area contributed by atoms with Gasteiger partial charge in [0.05, 0.1) is 17.3 Å². The Morgan fingerprint density at radius 3 is 2.76 bits per heavy atom. The van der Waals surface area contributed by atoms with Gasteiger partial charge in [-0.2, -0.15) is 0 Å². The predicted molar refractivity (Wildman–Crippen MR) is 95.3 cm³/mol. The van der Waals surface area contributed by atoms with Crippen molar-refractivity contribution >= 4 is 33.2 Å². The van der Waals surface area contributed by atoms with Crippen LogP contribution in [0.2, 0.25) is 0 Å². The molecule has 0 aliphatic carbocycles. The summed E-state index contributed by atoms with van der Waals surface area (Å²) in [5, 5.41) is 10.9. The van der Waals surface area contributed by atoms with Crippen molar-refractivity contribution in [1.82, 2.24) is 10.2 Å². The first kappa shape index (κ1) is 17.9. The van der Waals surface area contributed by atoms with E-state index in [0.717, 1.165) is 23.0 Å². The van der Waals surface area contributed by atoms with Crippen LogP contribution in [0.1, 0.15) is 17.9 Å². The number of nitrogens with zero attached hydrogens (tertiary/aromatic N) is 2. The molecular formula is C16H19N3O4S2.